The largest absolute Gasteiger partial charge is 0.381 e. The van der Waals surface area contributed by atoms with Crippen LogP contribution >= 0.6 is 0 Å². The third-order valence-electron chi connectivity index (χ3n) is 2.38. The minimum Gasteiger partial charge on any atom is -0.381 e. The molecule has 0 aromatic carbocycles. The molecular weight excluding hydrogens is 178 g/mol. The van der Waals surface area contributed by atoms with Crippen molar-refractivity contribution in [3.8, 4) is 0 Å². The van der Waals surface area contributed by atoms with Crippen LogP contribution in [0.5, 0.6) is 0 Å². The monoisotopic (exact) mass is 193 g/mol. The predicted molar refractivity (Wildman–Crippen MR) is 52.7 cm³/mol. The fourth-order valence-corrected chi connectivity index (χ4v) is 1.57. The summed E-state index contributed by atoms with van der Waals surface area (Å²) in [6.45, 7) is 3.62. The predicted octanol–water partition coefficient (Wildman–Crippen LogP) is 0.603. The summed E-state index contributed by atoms with van der Waals surface area (Å²) < 4.78 is 5.29. The Morgan fingerprint density at radius 1 is 1.50 bits per heavy atom. The highest BCUT2D eigenvalue weighted by molar-refractivity contribution is 4.93. The van der Waals surface area contributed by atoms with Crippen LogP contribution in [0.2, 0.25) is 0 Å². The maximum Gasteiger partial charge on any atom is 0.0724 e. The second-order valence-electron chi connectivity index (χ2n) is 3.56. The van der Waals surface area contributed by atoms with E-state index in [0.717, 1.165) is 32.0 Å². The van der Waals surface area contributed by atoms with Crippen LogP contribution in [0.3, 0.4) is 0 Å². The topological polar surface area (TPSA) is 47.0 Å². The Morgan fingerprint density at radius 2 is 2.50 bits per heavy atom. The van der Waals surface area contributed by atoms with Crippen LogP contribution in [0.25, 0.3) is 0 Å². The standard InChI is InChI=1S/C10H15N3O/c1-4-14-8-9(1)5-12-7-10-6-11-2-3-13-10/h2-3,6,9,12H,1,4-5,7-8H2. The van der Waals surface area contributed by atoms with E-state index in [9.17, 15) is 0 Å². The minimum atomic E-state index is 0.673. The number of hydrogen-bond acceptors (Lipinski definition) is 4. The molecule has 2 rings (SSSR count). The van der Waals surface area contributed by atoms with Crippen LogP contribution in [0.1, 0.15) is 12.1 Å². The van der Waals surface area contributed by atoms with Crippen LogP contribution < -0.4 is 5.32 Å². The Morgan fingerprint density at radius 3 is 3.21 bits per heavy atom. The first kappa shape index (κ1) is 9.55. The van der Waals surface area contributed by atoms with Gasteiger partial charge < -0.3 is 10.1 Å². The van der Waals surface area contributed by atoms with Crippen LogP contribution in [0.15, 0.2) is 18.6 Å². The van der Waals surface area contributed by atoms with Gasteiger partial charge in [0.15, 0.2) is 0 Å². The van der Waals surface area contributed by atoms with Gasteiger partial charge in [-0.25, -0.2) is 0 Å². The lowest BCUT2D eigenvalue weighted by molar-refractivity contribution is 0.185. The molecule has 0 aliphatic carbocycles. The first-order chi connectivity index (χ1) is 6.95. The summed E-state index contributed by atoms with van der Waals surface area (Å²) in [5.41, 5.74) is 0.992. The van der Waals surface area contributed by atoms with E-state index in [2.05, 4.69) is 15.3 Å². The molecule has 0 amide bonds. The molecular formula is C10H15N3O. The van der Waals surface area contributed by atoms with Crippen LogP contribution in [0, 0.1) is 5.92 Å². The highest BCUT2D eigenvalue weighted by atomic mass is 16.5. The smallest absolute Gasteiger partial charge is 0.0724 e. The van der Waals surface area contributed by atoms with E-state index in [1.54, 1.807) is 18.6 Å². The van der Waals surface area contributed by atoms with Crippen LogP contribution in [-0.2, 0) is 11.3 Å². The molecule has 1 aliphatic rings. The lowest BCUT2D eigenvalue weighted by Gasteiger charge is -2.08. The molecule has 1 aromatic heterocycles. The van der Waals surface area contributed by atoms with Crippen molar-refractivity contribution >= 4 is 0 Å². The van der Waals surface area contributed by atoms with E-state index >= 15 is 0 Å². The van der Waals surface area contributed by atoms with Gasteiger partial charge in [0.2, 0.25) is 0 Å². The summed E-state index contributed by atoms with van der Waals surface area (Å²) in [4.78, 5) is 8.19. The molecule has 4 nitrogen and oxygen atoms in total. The number of ether oxygens (including phenoxy) is 1. The van der Waals surface area contributed by atoms with E-state index in [1.165, 1.54) is 6.42 Å². The van der Waals surface area contributed by atoms with E-state index in [-0.39, 0.29) is 0 Å². The molecule has 1 aromatic rings. The summed E-state index contributed by atoms with van der Waals surface area (Å²) in [5.74, 6) is 0.673. The van der Waals surface area contributed by atoms with Gasteiger partial charge in [0.1, 0.15) is 0 Å². The Balaban J connectivity index is 1.67. The van der Waals surface area contributed by atoms with Gasteiger partial charge in [-0.2, -0.15) is 0 Å². The molecule has 0 saturated carbocycles. The average molecular weight is 193 g/mol. The number of nitrogens with zero attached hydrogens (tertiary/aromatic N) is 2. The molecule has 1 saturated heterocycles. The van der Waals surface area contributed by atoms with Gasteiger partial charge in [-0.3, -0.25) is 9.97 Å². The number of aromatic nitrogens is 2. The first-order valence-electron chi connectivity index (χ1n) is 4.98. The molecule has 1 unspecified atom stereocenters. The van der Waals surface area contributed by atoms with Gasteiger partial charge in [-0.1, -0.05) is 0 Å². The Bertz CT molecular complexity index is 259. The normalized spacial score (nSPS) is 21.3. The van der Waals surface area contributed by atoms with Crippen molar-refractivity contribution in [3.63, 3.8) is 0 Å². The summed E-state index contributed by atoms with van der Waals surface area (Å²) in [6.07, 6.45) is 6.37. The number of hydrogen-bond donors (Lipinski definition) is 1. The molecule has 0 radical (unpaired) electrons. The van der Waals surface area contributed by atoms with E-state index in [1.807, 2.05) is 0 Å². The van der Waals surface area contributed by atoms with E-state index in [4.69, 9.17) is 4.74 Å². The van der Waals surface area contributed by atoms with Crippen molar-refractivity contribution in [2.75, 3.05) is 19.8 Å². The summed E-state index contributed by atoms with van der Waals surface area (Å²) in [6, 6.07) is 0. The molecule has 1 N–H and O–H groups in total. The molecule has 1 fully saturated rings. The van der Waals surface area contributed by atoms with Crippen molar-refractivity contribution in [1.29, 1.82) is 0 Å². The summed E-state index contributed by atoms with van der Waals surface area (Å²) >= 11 is 0. The first-order valence-corrected chi connectivity index (χ1v) is 4.98. The molecule has 14 heavy (non-hydrogen) atoms. The zero-order valence-electron chi connectivity index (χ0n) is 8.15. The van der Waals surface area contributed by atoms with Crippen molar-refractivity contribution in [2.45, 2.75) is 13.0 Å². The third-order valence-corrected chi connectivity index (χ3v) is 2.38. The molecule has 76 valence electrons. The Hall–Kier alpha value is -1.00. The lowest BCUT2D eigenvalue weighted by atomic mass is 10.1. The third kappa shape index (κ3) is 2.75. The van der Waals surface area contributed by atoms with Gasteiger partial charge in [0.25, 0.3) is 0 Å². The zero-order chi connectivity index (χ0) is 9.64. The molecule has 0 spiro atoms. The molecule has 1 aliphatic heterocycles. The molecule has 1 atom stereocenters. The molecule has 0 bridgehead atoms. The highest BCUT2D eigenvalue weighted by Crippen LogP contribution is 2.10. The minimum absolute atomic E-state index is 0.673. The van der Waals surface area contributed by atoms with E-state index < -0.39 is 0 Å². The van der Waals surface area contributed by atoms with Gasteiger partial charge >= 0.3 is 0 Å². The maximum atomic E-state index is 5.29. The fourth-order valence-electron chi connectivity index (χ4n) is 1.57. The van der Waals surface area contributed by atoms with Gasteiger partial charge in [-0.15, -0.1) is 0 Å². The van der Waals surface area contributed by atoms with Gasteiger partial charge in [0, 0.05) is 38.3 Å². The van der Waals surface area contributed by atoms with Crippen LogP contribution in [0.4, 0.5) is 0 Å². The fraction of sp³-hybridized carbons (Fsp3) is 0.600. The van der Waals surface area contributed by atoms with Gasteiger partial charge in [0.05, 0.1) is 12.3 Å². The van der Waals surface area contributed by atoms with Crippen molar-refractivity contribution < 1.29 is 4.74 Å². The zero-order valence-corrected chi connectivity index (χ0v) is 8.15. The van der Waals surface area contributed by atoms with Crippen molar-refractivity contribution in [2.24, 2.45) is 5.92 Å². The molecule has 4 heteroatoms. The van der Waals surface area contributed by atoms with E-state index in [0.29, 0.717) is 5.92 Å². The number of nitrogens with one attached hydrogen (secondary N) is 1. The highest BCUT2D eigenvalue weighted by Gasteiger charge is 2.14. The average Bonchev–Trinajstić information content (AvgIpc) is 2.72. The Labute approximate surface area is 83.7 Å². The van der Waals surface area contributed by atoms with Crippen molar-refractivity contribution in [1.82, 2.24) is 15.3 Å². The summed E-state index contributed by atoms with van der Waals surface area (Å²) in [7, 11) is 0. The molecule has 2 heterocycles. The SMILES string of the molecule is c1cnc(CNCC2CCOC2)cn1. The number of rotatable bonds is 4. The second-order valence-corrected chi connectivity index (χ2v) is 3.56. The summed E-state index contributed by atoms with van der Waals surface area (Å²) in [5, 5.41) is 3.36. The lowest BCUT2D eigenvalue weighted by Crippen LogP contribution is -2.23. The Kier molecular flexibility index (Phi) is 3.43. The van der Waals surface area contributed by atoms with Gasteiger partial charge in [-0.05, 0) is 12.3 Å². The quantitative estimate of drug-likeness (QED) is 0.760. The maximum absolute atomic E-state index is 5.29. The van der Waals surface area contributed by atoms with Crippen molar-refractivity contribution in [3.05, 3.63) is 24.3 Å². The van der Waals surface area contributed by atoms with Crippen LogP contribution in [-0.4, -0.2) is 29.7 Å². The second kappa shape index (κ2) is 5.02.